The summed E-state index contributed by atoms with van der Waals surface area (Å²) in [5.74, 6) is 0.957. The Bertz CT molecular complexity index is 916. The zero-order valence-corrected chi connectivity index (χ0v) is 16.2. The lowest BCUT2D eigenvalue weighted by Gasteiger charge is -2.06. The van der Waals surface area contributed by atoms with Crippen LogP contribution in [0, 0.1) is 6.92 Å². The molecule has 0 saturated carbocycles. The number of benzene rings is 2. The van der Waals surface area contributed by atoms with Gasteiger partial charge in [0, 0.05) is 6.42 Å². The van der Waals surface area contributed by atoms with Crippen LogP contribution in [0.2, 0.25) is 5.02 Å². The molecule has 1 amide bonds. The average Bonchev–Trinajstić information content (AvgIpc) is 3.08. The van der Waals surface area contributed by atoms with Gasteiger partial charge in [-0.15, -0.1) is 10.2 Å². The molecule has 1 N–H and O–H groups in total. The number of anilines is 1. The Kier molecular flexibility index (Phi) is 6.62. The van der Waals surface area contributed by atoms with Crippen molar-refractivity contribution >= 4 is 34.0 Å². The maximum atomic E-state index is 12.0. The molecule has 0 fully saturated rings. The summed E-state index contributed by atoms with van der Waals surface area (Å²) in [6, 6.07) is 14.8. The fraction of sp³-hybridized carbons (Fsp3) is 0.211. The molecule has 0 bridgehead atoms. The summed E-state index contributed by atoms with van der Waals surface area (Å²) in [7, 11) is 0. The summed E-state index contributed by atoms with van der Waals surface area (Å²) in [6.45, 7) is 2.35. The van der Waals surface area contributed by atoms with Gasteiger partial charge in [-0.2, -0.15) is 0 Å². The molecule has 0 radical (unpaired) electrons. The second-order valence-electron chi connectivity index (χ2n) is 5.68. The van der Waals surface area contributed by atoms with Crippen molar-refractivity contribution in [3.63, 3.8) is 0 Å². The van der Waals surface area contributed by atoms with Gasteiger partial charge in [0.1, 0.15) is 16.5 Å². The zero-order chi connectivity index (χ0) is 19.1. The molecule has 2 aromatic carbocycles. The predicted molar refractivity (Wildman–Crippen MR) is 106 cm³/mol. The third-order valence-corrected chi connectivity index (χ3v) is 4.69. The summed E-state index contributed by atoms with van der Waals surface area (Å²) in [4.78, 5) is 12.0. The number of para-hydroxylation sites is 1. The highest BCUT2D eigenvalue weighted by atomic mass is 35.5. The van der Waals surface area contributed by atoms with Crippen LogP contribution in [0.4, 0.5) is 5.13 Å². The Morgan fingerprint density at radius 3 is 2.81 bits per heavy atom. The molecule has 0 aliphatic rings. The third kappa shape index (κ3) is 5.94. The highest BCUT2D eigenvalue weighted by Crippen LogP contribution is 2.23. The van der Waals surface area contributed by atoms with E-state index in [1.807, 2.05) is 31.2 Å². The summed E-state index contributed by atoms with van der Waals surface area (Å²) in [5, 5.41) is 12.4. The first-order valence-corrected chi connectivity index (χ1v) is 9.48. The number of hydrogen-bond donors (Lipinski definition) is 1. The minimum absolute atomic E-state index is 0.158. The second kappa shape index (κ2) is 9.34. The lowest BCUT2D eigenvalue weighted by atomic mass is 10.2. The van der Waals surface area contributed by atoms with Crippen molar-refractivity contribution < 1.29 is 14.3 Å². The van der Waals surface area contributed by atoms with Crippen LogP contribution in [0.3, 0.4) is 0 Å². The van der Waals surface area contributed by atoms with Crippen LogP contribution >= 0.6 is 22.9 Å². The van der Waals surface area contributed by atoms with E-state index in [1.54, 1.807) is 24.3 Å². The number of nitrogens with one attached hydrogen (secondary N) is 1. The van der Waals surface area contributed by atoms with E-state index in [0.717, 1.165) is 16.3 Å². The van der Waals surface area contributed by atoms with Gasteiger partial charge in [-0.05, 0) is 36.8 Å². The van der Waals surface area contributed by atoms with Crippen molar-refractivity contribution in [2.75, 3.05) is 18.5 Å². The number of rotatable bonds is 8. The van der Waals surface area contributed by atoms with Gasteiger partial charge < -0.3 is 9.47 Å². The maximum absolute atomic E-state index is 12.0. The Balaban J connectivity index is 1.43. The van der Waals surface area contributed by atoms with E-state index in [1.165, 1.54) is 11.3 Å². The lowest BCUT2D eigenvalue weighted by Crippen LogP contribution is -2.20. The van der Waals surface area contributed by atoms with Crippen LogP contribution < -0.4 is 14.8 Å². The summed E-state index contributed by atoms with van der Waals surface area (Å²) in [6.07, 6.45) is 0.609. The van der Waals surface area contributed by atoms with E-state index in [9.17, 15) is 4.79 Å². The Hall–Kier alpha value is -2.64. The first-order chi connectivity index (χ1) is 13.1. The molecule has 3 rings (SSSR count). The normalized spacial score (nSPS) is 10.4. The Labute approximate surface area is 166 Å². The topological polar surface area (TPSA) is 73.3 Å². The molecule has 8 heteroatoms. The number of aromatic nitrogens is 2. The van der Waals surface area contributed by atoms with Gasteiger partial charge in [-0.25, -0.2) is 0 Å². The minimum Gasteiger partial charge on any atom is -0.493 e. The smallest absolute Gasteiger partial charge is 0.264 e. The lowest BCUT2D eigenvalue weighted by molar-refractivity contribution is -0.118. The molecule has 0 spiro atoms. The Morgan fingerprint density at radius 1 is 1.15 bits per heavy atom. The van der Waals surface area contributed by atoms with Crippen molar-refractivity contribution in [1.82, 2.24) is 10.2 Å². The number of carbonyl (C=O) groups is 1. The molecule has 0 aliphatic heterocycles. The van der Waals surface area contributed by atoms with E-state index in [0.29, 0.717) is 28.9 Å². The van der Waals surface area contributed by atoms with Crippen molar-refractivity contribution in [2.45, 2.75) is 13.3 Å². The largest absolute Gasteiger partial charge is 0.493 e. The minimum atomic E-state index is -0.325. The van der Waals surface area contributed by atoms with Crippen molar-refractivity contribution in [3.05, 3.63) is 64.1 Å². The number of halogens is 1. The van der Waals surface area contributed by atoms with Gasteiger partial charge >= 0.3 is 0 Å². The molecular formula is C19H18ClN3O3S. The van der Waals surface area contributed by atoms with Crippen LogP contribution in [0.25, 0.3) is 0 Å². The van der Waals surface area contributed by atoms with Crippen LogP contribution in [-0.2, 0) is 11.2 Å². The van der Waals surface area contributed by atoms with Crippen molar-refractivity contribution in [3.8, 4) is 11.5 Å². The number of carbonyl (C=O) groups excluding carboxylic acids is 1. The maximum Gasteiger partial charge on any atom is 0.264 e. The van der Waals surface area contributed by atoms with E-state index >= 15 is 0 Å². The third-order valence-electron chi connectivity index (χ3n) is 3.48. The van der Waals surface area contributed by atoms with Crippen molar-refractivity contribution in [1.29, 1.82) is 0 Å². The molecule has 140 valence electrons. The van der Waals surface area contributed by atoms with E-state index < -0.39 is 0 Å². The number of aryl methyl sites for hydroxylation is 1. The van der Waals surface area contributed by atoms with E-state index in [-0.39, 0.29) is 12.5 Å². The molecule has 0 saturated heterocycles. The molecule has 27 heavy (non-hydrogen) atoms. The molecule has 0 atom stereocenters. The second-order valence-corrected chi connectivity index (χ2v) is 7.15. The molecule has 3 aromatic rings. The van der Waals surface area contributed by atoms with Crippen LogP contribution in [-0.4, -0.2) is 29.3 Å². The summed E-state index contributed by atoms with van der Waals surface area (Å²) in [5.41, 5.74) is 1.15. The van der Waals surface area contributed by atoms with Gasteiger partial charge in [0.25, 0.3) is 5.91 Å². The zero-order valence-electron chi connectivity index (χ0n) is 14.6. The van der Waals surface area contributed by atoms with Gasteiger partial charge in [0.2, 0.25) is 5.13 Å². The van der Waals surface area contributed by atoms with Crippen LogP contribution in [0.5, 0.6) is 11.5 Å². The first-order valence-electron chi connectivity index (χ1n) is 8.29. The molecule has 1 heterocycles. The highest BCUT2D eigenvalue weighted by Gasteiger charge is 2.10. The van der Waals surface area contributed by atoms with E-state index in [4.69, 9.17) is 21.1 Å². The molecule has 0 unspecified atom stereocenters. The Morgan fingerprint density at radius 2 is 2.00 bits per heavy atom. The summed E-state index contributed by atoms with van der Waals surface area (Å²) < 4.78 is 11.1. The van der Waals surface area contributed by atoms with Crippen LogP contribution in [0.15, 0.2) is 48.5 Å². The predicted octanol–water partition coefficient (Wildman–Crippen LogP) is 4.14. The highest BCUT2D eigenvalue weighted by molar-refractivity contribution is 7.15. The van der Waals surface area contributed by atoms with Gasteiger partial charge in [-0.1, -0.05) is 47.2 Å². The molecule has 6 nitrogen and oxygen atoms in total. The average molecular weight is 404 g/mol. The quantitative estimate of drug-likeness (QED) is 0.612. The monoisotopic (exact) mass is 403 g/mol. The van der Waals surface area contributed by atoms with Gasteiger partial charge in [0.05, 0.1) is 11.6 Å². The fourth-order valence-corrected chi connectivity index (χ4v) is 3.15. The standard InChI is InChI=1S/C19H18ClN3O3S/c1-13-5-4-6-14(11-13)25-10-9-18-22-23-19(27-18)21-17(24)12-26-16-8-3-2-7-15(16)20/h2-8,11H,9-10,12H2,1H3,(H,21,23,24). The van der Waals surface area contributed by atoms with E-state index in [2.05, 4.69) is 15.5 Å². The summed E-state index contributed by atoms with van der Waals surface area (Å²) >= 11 is 7.29. The van der Waals surface area contributed by atoms with Gasteiger partial charge in [0.15, 0.2) is 6.61 Å². The molecular weight excluding hydrogens is 386 g/mol. The number of hydrogen-bond acceptors (Lipinski definition) is 6. The SMILES string of the molecule is Cc1cccc(OCCc2nnc(NC(=O)COc3ccccc3Cl)s2)c1. The number of amides is 1. The molecule has 0 aliphatic carbocycles. The number of nitrogens with zero attached hydrogens (tertiary/aromatic N) is 2. The first kappa shape index (κ1) is 19.1. The van der Waals surface area contributed by atoms with Gasteiger partial charge in [-0.3, -0.25) is 10.1 Å². The molecule has 1 aromatic heterocycles. The number of ether oxygens (including phenoxy) is 2. The van der Waals surface area contributed by atoms with Crippen LogP contribution in [0.1, 0.15) is 10.6 Å². The fourth-order valence-electron chi connectivity index (χ4n) is 2.23. The van der Waals surface area contributed by atoms with Crippen molar-refractivity contribution in [2.24, 2.45) is 0 Å².